The number of anilines is 1. The van der Waals surface area contributed by atoms with Crippen LogP contribution in [0.5, 0.6) is 0 Å². The van der Waals surface area contributed by atoms with Crippen molar-refractivity contribution in [1.29, 1.82) is 0 Å². The number of hydrogen-bond acceptors (Lipinski definition) is 5. The molecule has 8 nitrogen and oxygen atoms in total. The number of H-pyrrole nitrogens is 1. The number of nitro groups is 1. The molecule has 9 heteroatoms. The van der Waals surface area contributed by atoms with E-state index in [1.165, 1.54) is 19.1 Å². The van der Waals surface area contributed by atoms with Gasteiger partial charge in [0.2, 0.25) is 0 Å². The van der Waals surface area contributed by atoms with Crippen molar-refractivity contribution in [2.75, 3.05) is 4.72 Å². The summed E-state index contributed by atoms with van der Waals surface area (Å²) in [6, 6.07) is 3.61. The third-order valence-corrected chi connectivity index (χ3v) is 4.50. The summed E-state index contributed by atoms with van der Waals surface area (Å²) < 4.78 is 27.1. The van der Waals surface area contributed by atoms with Crippen LogP contribution in [-0.4, -0.2) is 23.5 Å². The molecule has 0 aliphatic heterocycles. The van der Waals surface area contributed by atoms with Gasteiger partial charge in [0.15, 0.2) is 0 Å². The van der Waals surface area contributed by atoms with Crippen molar-refractivity contribution in [3.05, 3.63) is 45.6 Å². The van der Waals surface area contributed by atoms with Gasteiger partial charge in [-0.3, -0.25) is 19.9 Å². The quantitative estimate of drug-likeness (QED) is 0.646. The van der Waals surface area contributed by atoms with E-state index in [9.17, 15) is 18.5 Å². The lowest BCUT2D eigenvalue weighted by Gasteiger charge is -2.09. The predicted molar refractivity (Wildman–Crippen MR) is 76.6 cm³/mol. The molecule has 1 heterocycles. The van der Waals surface area contributed by atoms with Gasteiger partial charge in [0.05, 0.1) is 16.0 Å². The van der Waals surface area contributed by atoms with Gasteiger partial charge in [-0.15, -0.1) is 0 Å². The lowest BCUT2D eigenvalue weighted by atomic mass is 10.2. The van der Waals surface area contributed by atoms with Gasteiger partial charge < -0.3 is 0 Å². The van der Waals surface area contributed by atoms with E-state index in [2.05, 4.69) is 14.9 Å². The molecule has 2 aromatic rings. The number of aromatic nitrogens is 2. The first-order chi connectivity index (χ1) is 9.85. The Labute approximate surface area is 121 Å². The molecule has 0 atom stereocenters. The molecule has 0 fully saturated rings. The van der Waals surface area contributed by atoms with E-state index in [1.807, 2.05) is 6.92 Å². The van der Waals surface area contributed by atoms with Gasteiger partial charge >= 0.3 is 0 Å². The second kappa shape index (κ2) is 5.52. The normalized spacial score (nSPS) is 11.3. The molecule has 2 rings (SSSR count). The minimum absolute atomic E-state index is 0.00949. The minimum atomic E-state index is -3.83. The molecule has 2 N–H and O–H groups in total. The summed E-state index contributed by atoms with van der Waals surface area (Å²) in [5, 5.41) is 17.1. The van der Waals surface area contributed by atoms with Crippen LogP contribution < -0.4 is 4.72 Å². The van der Waals surface area contributed by atoms with Crippen LogP contribution in [0.1, 0.15) is 18.1 Å². The second-order valence-corrected chi connectivity index (χ2v) is 6.09. The summed E-state index contributed by atoms with van der Waals surface area (Å²) in [6.45, 7) is 3.38. The highest BCUT2D eigenvalue weighted by Crippen LogP contribution is 2.23. The van der Waals surface area contributed by atoms with Gasteiger partial charge in [0, 0.05) is 17.7 Å². The summed E-state index contributed by atoms with van der Waals surface area (Å²) >= 11 is 0. The zero-order chi connectivity index (χ0) is 15.6. The molecule has 0 saturated heterocycles. The van der Waals surface area contributed by atoms with Gasteiger partial charge in [-0.1, -0.05) is 6.92 Å². The molecule has 112 valence electrons. The average molecular weight is 310 g/mol. The van der Waals surface area contributed by atoms with Gasteiger partial charge in [-0.05, 0) is 25.0 Å². The SMILES string of the molecule is CCc1cn[nH]c1NS(=O)(=O)c1ccc([N+](=O)[O-])cc1C. The summed E-state index contributed by atoms with van der Waals surface area (Å²) in [7, 11) is -3.83. The summed E-state index contributed by atoms with van der Waals surface area (Å²) in [6.07, 6.45) is 2.16. The molecule has 0 bridgehead atoms. The van der Waals surface area contributed by atoms with Gasteiger partial charge in [0.25, 0.3) is 15.7 Å². The molecule has 0 amide bonds. The predicted octanol–water partition coefficient (Wildman–Crippen LogP) is 1.99. The van der Waals surface area contributed by atoms with Crippen molar-refractivity contribution >= 4 is 21.5 Å². The van der Waals surface area contributed by atoms with E-state index in [0.29, 0.717) is 17.8 Å². The van der Waals surface area contributed by atoms with E-state index in [1.54, 1.807) is 6.20 Å². The topological polar surface area (TPSA) is 118 Å². The van der Waals surface area contributed by atoms with E-state index < -0.39 is 14.9 Å². The maximum atomic E-state index is 12.3. The smallest absolute Gasteiger partial charge is 0.263 e. The first-order valence-corrected chi connectivity index (χ1v) is 7.63. The molecule has 0 aliphatic carbocycles. The van der Waals surface area contributed by atoms with Crippen molar-refractivity contribution < 1.29 is 13.3 Å². The average Bonchev–Trinajstić information content (AvgIpc) is 2.84. The summed E-state index contributed by atoms with van der Waals surface area (Å²) in [4.78, 5) is 10.1. The lowest BCUT2D eigenvalue weighted by molar-refractivity contribution is -0.385. The van der Waals surface area contributed by atoms with Crippen LogP contribution in [0, 0.1) is 17.0 Å². The largest absolute Gasteiger partial charge is 0.269 e. The maximum Gasteiger partial charge on any atom is 0.269 e. The van der Waals surface area contributed by atoms with Crippen LogP contribution >= 0.6 is 0 Å². The highest BCUT2D eigenvalue weighted by molar-refractivity contribution is 7.92. The van der Waals surface area contributed by atoms with Crippen LogP contribution in [-0.2, 0) is 16.4 Å². The number of aryl methyl sites for hydroxylation is 2. The molecule has 21 heavy (non-hydrogen) atoms. The molecule has 0 unspecified atom stereocenters. The highest BCUT2D eigenvalue weighted by atomic mass is 32.2. The molecule has 1 aromatic carbocycles. The van der Waals surface area contributed by atoms with Gasteiger partial charge in [-0.2, -0.15) is 5.10 Å². The van der Waals surface area contributed by atoms with Crippen molar-refractivity contribution in [2.45, 2.75) is 25.2 Å². The fourth-order valence-corrected chi connectivity index (χ4v) is 3.19. The van der Waals surface area contributed by atoms with Crippen molar-refractivity contribution in [3.63, 3.8) is 0 Å². The van der Waals surface area contributed by atoms with Crippen molar-refractivity contribution in [2.24, 2.45) is 0 Å². The minimum Gasteiger partial charge on any atom is -0.263 e. The van der Waals surface area contributed by atoms with Crippen LogP contribution in [0.4, 0.5) is 11.5 Å². The number of sulfonamides is 1. The number of hydrogen-bond donors (Lipinski definition) is 2. The summed E-state index contributed by atoms with van der Waals surface area (Å²) in [5.74, 6) is 0.301. The van der Waals surface area contributed by atoms with Crippen LogP contribution in [0.3, 0.4) is 0 Å². The zero-order valence-electron chi connectivity index (χ0n) is 11.5. The monoisotopic (exact) mass is 310 g/mol. The Bertz CT molecular complexity index is 782. The third kappa shape index (κ3) is 3.02. The van der Waals surface area contributed by atoms with E-state index in [0.717, 1.165) is 11.6 Å². The fourth-order valence-electron chi connectivity index (χ4n) is 1.91. The fraction of sp³-hybridized carbons (Fsp3) is 0.250. The van der Waals surface area contributed by atoms with Gasteiger partial charge in [-0.25, -0.2) is 8.42 Å². The Morgan fingerprint density at radius 2 is 2.14 bits per heavy atom. The van der Waals surface area contributed by atoms with Crippen LogP contribution in [0.2, 0.25) is 0 Å². The maximum absolute atomic E-state index is 12.3. The number of nitrogens with one attached hydrogen (secondary N) is 2. The Morgan fingerprint density at radius 1 is 1.43 bits per heavy atom. The second-order valence-electron chi connectivity index (χ2n) is 4.44. The number of non-ortho nitro benzene ring substituents is 1. The first-order valence-electron chi connectivity index (χ1n) is 6.15. The highest BCUT2D eigenvalue weighted by Gasteiger charge is 2.21. The van der Waals surface area contributed by atoms with Gasteiger partial charge in [0.1, 0.15) is 5.82 Å². The molecule has 0 radical (unpaired) electrons. The van der Waals surface area contributed by atoms with E-state index >= 15 is 0 Å². The van der Waals surface area contributed by atoms with Crippen LogP contribution in [0.15, 0.2) is 29.3 Å². The Hall–Kier alpha value is -2.42. The molecule has 1 aromatic heterocycles. The number of benzene rings is 1. The Morgan fingerprint density at radius 3 is 2.71 bits per heavy atom. The van der Waals surface area contributed by atoms with E-state index in [-0.39, 0.29) is 10.6 Å². The van der Waals surface area contributed by atoms with E-state index in [4.69, 9.17) is 0 Å². The Balaban J connectivity index is 2.38. The van der Waals surface area contributed by atoms with Crippen molar-refractivity contribution in [1.82, 2.24) is 10.2 Å². The first kappa shape index (κ1) is 15.0. The zero-order valence-corrected chi connectivity index (χ0v) is 12.3. The summed E-state index contributed by atoms with van der Waals surface area (Å²) in [5.41, 5.74) is 0.884. The molecular weight excluding hydrogens is 296 g/mol. The number of rotatable bonds is 5. The lowest BCUT2D eigenvalue weighted by Crippen LogP contribution is -2.15. The standard InChI is InChI=1S/C12H14N4O4S/c1-3-9-7-13-14-12(9)15-21(19,20)11-5-4-10(16(17)18)6-8(11)2/h4-7H,3H2,1-2H3,(H2,13,14,15). The molecular formula is C12H14N4O4S. The number of aromatic amines is 1. The third-order valence-electron chi connectivity index (χ3n) is 2.99. The molecule has 0 aliphatic rings. The Kier molecular flexibility index (Phi) is 3.94. The number of nitrogens with zero attached hydrogens (tertiary/aromatic N) is 2. The number of nitro benzene ring substituents is 1. The van der Waals surface area contributed by atoms with Crippen molar-refractivity contribution in [3.8, 4) is 0 Å². The molecule has 0 saturated carbocycles. The molecule has 0 spiro atoms. The van der Waals surface area contributed by atoms with Crippen LogP contribution in [0.25, 0.3) is 0 Å².